The van der Waals surface area contributed by atoms with E-state index in [-0.39, 0.29) is 10.6 Å². The lowest BCUT2D eigenvalue weighted by molar-refractivity contribution is 0.150. The second kappa shape index (κ2) is 4.53. The second-order valence-electron chi connectivity index (χ2n) is 2.65. The summed E-state index contributed by atoms with van der Waals surface area (Å²) in [6.07, 6.45) is -2.10. The average molecular weight is 206 g/mol. The van der Waals surface area contributed by atoms with Crippen molar-refractivity contribution in [1.29, 1.82) is 0 Å². The molecule has 0 saturated heterocycles. The van der Waals surface area contributed by atoms with Gasteiger partial charge in [0.2, 0.25) is 0 Å². The van der Waals surface area contributed by atoms with Crippen LogP contribution < -0.4 is 5.73 Å². The maximum atomic E-state index is 12.5. The molecule has 1 aromatic rings. The Hall–Kier alpha value is -0.670. The first-order valence-corrected chi connectivity index (χ1v) is 4.30. The van der Waals surface area contributed by atoms with E-state index >= 15 is 0 Å². The molecule has 2 N–H and O–H groups in total. The second-order valence-corrected chi connectivity index (χ2v) is 3.06. The van der Waals surface area contributed by atoms with Crippen LogP contribution in [0.15, 0.2) is 18.2 Å². The van der Waals surface area contributed by atoms with E-state index in [1.54, 1.807) is 12.1 Å². The minimum Gasteiger partial charge on any atom is -0.330 e. The Kier molecular flexibility index (Phi) is 3.63. The van der Waals surface area contributed by atoms with E-state index < -0.39 is 6.43 Å². The molecule has 0 spiro atoms. The minimum absolute atomic E-state index is 0.0883. The van der Waals surface area contributed by atoms with Crippen LogP contribution in [0, 0.1) is 0 Å². The van der Waals surface area contributed by atoms with Gasteiger partial charge in [-0.3, -0.25) is 0 Å². The molecule has 0 bridgehead atoms. The fourth-order valence-electron chi connectivity index (χ4n) is 1.20. The molecule has 0 unspecified atom stereocenters. The summed E-state index contributed by atoms with van der Waals surface area (Å²) in [6.45, 7) is 0.347. The highest BCUT2D eigenvalue weighted by Gasteiger charge is 2.15. The van der Waals surface area contributed by atoms with Crippen molar-refractivity contribution in [2.24, 2.45) is 5.73 Å². The van der Waals surface area contributed by atoms with Gasteiger partial charge in [0.05, 0.1) is 0 Å². The van der Waals surface area contributed by atoms with Crippen molar-refractivity contribution in [3.63, 3.8) is 0 Å². The Balaban J connectivity index is 3.10. The molecule has 4 heteroatoms. The third kappa shape index (κ3) is 2.39. The van der Waals surface area contributed by atoms with Crippen LogP contribution in [-0.2, 0) is 6.42 Å². The fourth-order valence-corrected chi connectivity index (χ4v) is 1.48. The van der Waals surface area contributed by atoms with Gasteiger partial charge in [0.25, 0.3) is 6.43 Å². The predicted molar refractivity (Wildman–Crippen MR) is 49.2 cm³/mol. The van der Waals surface area contributed by atoms with Crippen molar-refractivity contribution in [3.8, 4) is 0 Å². The standard InChI is InChI=1S/C9H10ClF2N/c10-7-3-1-2-6(4-5-13)8(7)9(11)12/h1-3,9H,4-5,13H2. The minimum atomic E-state index is -2.53. The van der Waals surface area contributed by atoms with Crippen LogP contribution in [0.25, 0.3) is 0 Å². The number of alkyl halides is 2. The highest BCUT2D eigenvalue weighted by Crippen LogP contribution is 2.30. The Bertz CT molecular complexity index is 289. The monoisotopic (exact) mass is 205 g/mol. The molecule has 0 heterocycles. The quantitative estimate of drug-likeness (QED) is 0.807. The number of nitrogens with two attached hydrogens (primary N) is 1. The van der Waals surface area contributed by atoms with Crippen LogP contribution in [0.2, 0.25) is 5.02 Å². The van der Waals surface area contributed by atoms with E-state index in [9.17, 15) is 8.78 Å². The zero-order valence-corrected chi connectivity index (χ0v) is 7.69. The van der Waals surface area contributed by atoms with Gasteiger partial charge in [-0.05, 0) is 24.6 Å². The van der Waals surface area contributed by atoms with E-state index in [0.29, 0.717) is 18.5 Å². The first kappa shape index (κ1) is 10.4. The van der Waals surface area contributed by atoms with Gasteiger partial charge in [0.1, 0.15) is 0 Å². The van der Waals surface area contributed by atoms with Crippen molar-refractivity contribution in [3.05, 3.63) is 34.3 Å². The maximum absolute atomic E-state index is 12.5. The van der Waals surface area contributed by atoms with E-state index in [0.717, 1.165) is 0 Å². The van der Waals surface area contributed by atoms with Crippen molar-refractivity contribution in [2.75, 3.05) is 6.54 Å². The van der Waals surface area contributed by atoms with Crippen molar-refractivity contribution in [2.45, 2.75) is 12.8 Å². The van der Waals surface area contributed by atoms with E-state index in [1.807, 2.05) is 0 Å². The smallest absolute Gasteiger partial charge is 0.265 e. The molecule has 72 valence electrons. The average Bonchev–Trinajstić information content (AvgIpc) is 2.04. The number of hydrogen-bond donors (Lipinski definition) is 1. The lowest BCUT2D eigenvalue weighted by Crippen LogP contribution is -2.05. The van der Waals surface area contributed by atoms with E-state index in [2.05, 4.69) is 0 Å². The molecule has 1 rings (SSSR count). The van der Waals surface area contributed by atoms with Crippen LogP contribution in [0.3, 0.4) is 0 Å². The van der Waals surface area contributed by atoms with Gasteiger partial charge in [-0.25, -0.2) is 8.78 Å². The third-order valence-electron chi connectivity index (χ3n) is 1.78. The Morgan fingerprint density at radius 3 is 2.62 bits per heavy atom. The summed E-state index contributed by atoms with van der Waals surface area (Å²) in [7, 11) is 0. The molecular formula is C9H10ClF2N. The summed E-state index contributed by atoms with van der Waals surface area (Å²) in [4.78, 5) is 0. The topological polar surface area (TPSA) is 26.0 Å². The molecule has 0 aliphatic rings. The van der Waals surface area contributed by atoms with Crippen molar-refractivity contribution >= 4 is 11.6 Å². The molecule has 0 atom stereocenters. The molecular weight excluding hydrogens is 196 g/mol. The highest BCUT2D eigenvalue weighted by atomic mass is 35.5. The molecule has 1 nitrogen and oxygen atoms in total. The van der Waals surface area contributed by atoms with Crippen LogP contribution in [0.4, 0.5) is 8.78 Å². The molecule has 1 aromatic carbocycles. The van der Waals surface area contributed by atoms with Crippen LogP contribution >= 0.6 is 11.6 Å². The number of hydrogen-bond acceptors (Lipinski definition) is 1. The van der Waals surface area contributed by atoms with Crippen molar-refractivity contribution in [1.82, 2.24) is 0 Å². The summed E-state index contributed by atoms with van der Waals surface area (Å²) >= 11 is 5.64. The maximum Gasteiger partial charge on any atom is 0.265 e. The highest BCUT2D eigenvalue weighted by molar-refractivity contribution is 6.31. The first-order valence-electron chi connectivity index (χ1n) is 3.92. The van der Waals surface area contributed by atoms with E-state index in [4.69, 9.17) is 17.3 Å². The van der Waals surface area contributed by atoms with Crippen LogP contribution in [0.1, 0.15) is 17.6 Å². The number of rotatable bonds is 3. The Morgan fingerprint density at radius 2 is 2.08 bits per heavy atom. The molecule has 0 saturated carbocycles. The zero-order chi connectivity index (χ0) is 9.84. The lowest BCUT2D eigenvalue weighted by Gasteiger charge is -2.09. The molecule has 0 fully saturated rings. The van der Waals surface area contributed by atoms with E-state index in [1.165, 1.54) is 6.07 Å². The Labute approximate surface area is 80.5 Å². The van der Waals surface area contributed by atoms with Gasteiger partial charge in [0.15, 0.2) is 0 Å². The summed E-state index contributed by atoms with van der Waals surface area (Å²) < 4.78 is 25.0. The molecule has 0 aliphatic heterocycles. The van der Waals surface area contributed by atoms with Gasteiger partial charge >= 0.3 is 0 Å². The third-order valence-corrected chi connectivity index (χ3v) is 2.10. The normalized spacial score (nSPS) is 10.8. The van der Waals surface area contributed by atoms with Crippen LogP contribution in [0.5, 0.6) is 0 Å². The molecule has 0 aliphatic carbocycles. The molecule has 13 heavy (non-hydrogen) atoms. The summed E-state index contributed by atoms with van der Waals surface area (Å²) in [6, 6.07) is 4.74. The summed E-state index contributed by atoms with van der Waals surface area (Å²) in [5, 5.41) is 0.112. The number of benzene rings is 1. The number of halogens is 3. The van der Waals surface area contributed by atoms with Gasteiger partial charge in [-0.1, -0.05) is 23.7 Å². The van der Waals surface area contributed by atoms with Gasteiger partial charge in [0, 0.05) is 10.6 Å². The fraction of sp³-hybridized carbons (Fsp3) is 0.333. The zero-order valence-electron chi connectivity index (χ0n) is 6.93. The lowest BCUT2D eigenvalue weighted by atomic mass is 10.1. The van der Waals surface area contributed by atoms with Gasteiger partial charge < -0.3 is 5.73 Å². The van der Waals surface area contributed by atoms with Crippen molar-refractivity contribution < 1.29 is 8.78 Å². The molecule has 0 aromatic heterocycles. The summed E-state index contributed by atoms with van der Waals surface area (Å²) in [5.41, 5.74) is 5.74. The molecule has 0 amide bonds. The van der Waals surface area contributed by atoms with Gasteiger partial charge in [-0.2, -0.15) is 0 Å². The predicted octanol–water partition coefficient (Wildman–Crippen LogP) is 2.78. The first-order chi connectivity index (χ1) is 6.16. The van der Waals surface area contributed by atoms with Crippen LogP contribution in [-0.4, -0.2) is 6.54 Å². The Morgan fingerprint density at radius 1 is 1.38 bits per heavy atom. The molecule has 0 radical (unpaired) electrons. The SMILES string of the molecule is NCCc1cccc(Cl)c1C(F)F. The summed E-state index contributed by atoms with van der Waals surface area (Å²) in [5.74, 6) is 0. The largest absolute Gasteiger partial charge is 0.330 e. The van der Waals surface area contributed by atoms with Gasteiger partial charge in [-0.15, -0.1) is 0 Å².